The van der Waals surface area contributed by atoms with Crippen molar-refractivity contribution in [1.82, 2.24) is 21.3 Å². The smallest absolute Gasteiger partial charge is 0.228 e. The van der Waals surface area contributed by atoms with E-state index < -0.39 is 6.23 Å². The number of rotatable bonds is 6. The number of aryl methyl sites for hydroxylation is 1. The summed E-state index contributed by atoms with van der Waals surface area (Å²) in [6.07, 6.45) is 11.3. The van der Waals surface area contributed by atoms with Crippen LogP contribution in [0.4, 0.5) is 11.4 Å². The number of aliphatic hydroxyl groups is 1. The summed E-state index contributed by atoms with van der Waals surface area (Å²) in [5.41, 5.74) is 3.17. The van der Waals surface area contributed by atoms with Gasteiger partial charge in [0.05, 0.1) is 5.92 Å². The largest absolute Gasteiger partial charge is 0.379 e. The molecule has 1 aromatic rings. The van der Waals surface area contributed by atoms with Gasteiger partial charge < -0.3 is 21.1 Å². The van der Waals surface area contributed by atoms with Crippen molar-refractivity contribution >= 4 is 17.3 Å². The van der Waals surface area contributed by atoms with Crippen LogP contribution < -0.4 is 31.9 Å². The first-order chi connectivity index (χ1) is 17.5. The molecule has 0 spiro atoms. The Balaban J connectivity index is 1.28. The average Bonchev–Trinajstić information content (AvgIpc) is 2.92. The maximum absolute atomic E-state index is 12.8. The minimum absolute atomic E-state index is 0.00344. The lowest BCUT2D eigenvalue weighted by atomic mass is 9.64. The first kappa shape index (κ1) is 25.9. The number of anilines is 2. The van der Waals surface area contributed by atoms with E-state index in [1.807, 2.05) is 6.07 Å². The predicted octanol–water partition coefficient (Wildman–Crippen LogP) is 2.85. The first-order valence-corrected chi connectivity index (χ1v) is 14.3. The van der Waals surface area contributed by atoms with E-state index in [4.69, 9.17) is 0 Å². The summed E-state index contributed by atoms with van der Waals surface area (Å²) in [4.78, 5) is 12.8. The summed E-state index contributed by atoms with van der Waals surface area (Å²) in [5, 5.41) is 31.0. The second-order valence-electron chi connectivity index (χ2n) is 11.6. The van der Waals surface area contributed by atoms with Crippen molar-refractivity contribution in [2.45, 2.75) is 89.2 Å². The van der Waals surface area contributed by atoms with Crippen LogP contribution in [0.1, 0.15) is 69.8 Å². The average molecular weight is 499 g/mol. The number of amides is 1. The number of carbonyl (C=O) groups excluding carboxylic acids is 1. The zero-order valence-corrected chi connectivity index (χ0v) is 21.9. The molecule has 5 atom stereocenters. The topological polar surface area (TPSA) is 109 Å². The van der Waals surface area contributed by atoms with E-state index in [2.05, 4.69) is 51.0 Å². The molecule has 1 aromatic carbocycles. The molecule has 3 aliphatic heterocycles. The van der Waals surface area contributed by atoms with Crippen molar-refractivity contribution in [1.29, 1.82) is 0 Å². The summed E-state index contributed by atoms with van der Waals surface area (Å²) in [7, 11) is 0. The Morgan fingerprint density at radius 2 is 1.81 bits per heavy atom. The summed E-state index contributed by atoms with van der Waals surface area (Å²) < 4.78 is 0. The Hall–Kier alpha value is -1.71. The van der Waals surface area contributed by atoms with Gasteiger partial charge in [-0.1, -0.05) is 25.3 Å². The van der Waals surface area contributed by atoms with Crippen LogP contribution in [0.25, 0.3) is 0 Å². The van der Waals surface area contributed by atoms with Crippen LogP contribution in [0.3, 0.4) is 0 Å². The molecule has 0 bridgehead atoms. The molecule has 3 heterocycles. The third-order valence-electron chi connectivity index (χ3n) is 9.22. The van der Waals surface area contributed by atoms with Crippen molar-refractivity contribution in [3.05, 3.63) is 23.8 Å². The molecule has 1 saturated carbocycles. The minimum atomic E-state index is -0.496. The normalized spacial score (nSPS) is 34.2. The van der Waals surface area contributed by atoms with Gasteiger partial charge in [-0.15, -0.1) is 0 Å². The first-order valence-electron chi connectivity index (χ1n) is 14.3. The summed E-state index contributed by atoms with van der Waals surface area (Å²) in [5.74, 6) is 1.29. The Kier molecular flexibility index (Phi) is 8.48. The van der Waals surface area contributed by atoms with E-state index >= 15 is 0 Å². The third-order valence-corrected chi connectivity index (χ3v) is 9.22. The van der Waals surface area contributed by atoms with Gasteiger partial charge in [-0.25, -0.2) is 0 Å². The van der Waals surface area contributed by atoms with Crippen molar-refractivity contribution in [2.75, 3.05) is 36.8 Å². The maximum atomic E-state index is 12.8. The van der Waals surface area contributed by atoms with Crippen molar-refractivity contribution in [3.63, 3.8) is 0 Å². The standard InChI is InChI=1S/C28H46N6O2/c1-19-9-11-23(32-26(36)20-10-12-25(35)31-17-20)16-24(19)33-27-30-15-13-28(34-27,21-6-3-2-4-7-21)22-8-5-14-29-18-22/h9,11,16,20-22,25,27,29-31,33-35H,2-8,10,12-15,17-18H2,1H3,(H,32,36). The second kappa shape index (κ2) is 11.8. The molecule has 0 aromatic heterocycles. The van der Waals surface area contributed by atoms with Crippen LogP contribution in [0.5, 0.6) is 0 Å². The second-order valence-corrected chi connectivity index (χ2v) is 11.6. The van der Waals surface area contributed by atoms with Crippen LogP contribution in [-0.2, 0) is 4.79 Å². The molecule has 3 saturated heterocycles. The van der Waals surface area contributed by atoms with E-state index in [0.717, 1.165) is 42.5 Å². The number of hydrogen-bond acceptors (Lipinski definition) is 7. The van der Waals surface area contributed by atoms with Crippen LogP contribution in [0.15, 0.2) is 18.2 Å². The Morgan fingerprint density at radius 1 is 0.972 bits per heavy atom. The van der Waals surface area contributed by atoms with Gasteiger partial charge in [-0.05, 0) is 94.5 Å². The lowest BCUT2D eigenvalue weighted by Gasteiger charge is -2.54. The molecule has 5 unspecified atom stereocenters. The SMILES string of the molecule is Cc1ccc(NC(=O)C2CCC(O)NC2)cc1NC1NCCC(C2CCCCC2)(C2CCCNC2)N1. The molecule has 4 aliphatic rings. The minimum Gasteiger partial charge on any atom is -0.379 e. The molecule has 8 heteroatoms. The van der Waals surface area contributed by atoms with Crippen LogP contribution in [0.2, 0.25) is 0 Å². The predicted molar refractivity (Wildman–Crippen MR) is 145 cm³/mol. The van der Waals surface area contributed by atoms with Gasteiger partial charge in [-0.2, -0.15) is 0 Å². The van der Waals surface area contributed by atoms with Gasteiger partial charge in [0.1, 0.15) is 12.5 Å². The van der Waals surface area contributed by atoms with Gasteiger partial charge in [0, 0.05) is 30.0 Å². The Morgan fingerprint density at radius 3 is 2.56 bits per heavy atom. The fraction of sp³-hybridized carbons (Fsp3) is 0.750. The number of piperidine rings is 2. The Bertz CT molecular complexity index is 857. The zero-order valence-electron chi connectivity index (χ0n) is 21.9. The molecule has 1 amide bonds. The van der Waals surface area contributed by atoms with Crippen LogP contribution in [0, 0.1) is 24.7 Å². The van der Waals surface area contributed by atoms with E-state index in [0.29, 0.717) is 25.3 Å². The van der Waals surface area contributed by atoms with E-state index in [1.54, 1.807) is 0 Å². The molecule has 36 heavy (non-hydrogen) atoms. The summed E-state index contributed by atoms with van der Waals surface area (Å²) in [6, 6.07) is 6.11. The number of benzene rings is 1. The van der Waals surface area contributed by atoms with Crippen LogP contribution in [-0.4, -0.2) is 55.2 Å². The Labute approximate surface area is 216 Å². The fourth-order valence-corrected chi connectivity index (χ4v) is 7.11. The van der Waals surface area contributed by atoms with Gasteiger partial charge in [0.25, 0.3) is 0 Å². The van der Waals surface area contributed by atoms with E-state index in [1.165, 1.54) is 51.4 Å². The monoisotopic (exact) mass is 498 g/mol. The molecule has 1 aliphatic carbocycles. The quantitative estimate of drug-likeness (QED) is 0.323. The highest BCUT2D eigenvalue weighted by atomic mass is 16.3. The molecule has 7 N–H and O–H groups in total. The maximum Gasteiger partial charge on any atom is 0.228 e. The van der Waals surface area contributed by atoms with Gasteiger partial charge in [0.15, 0.2) is 0 Å². The fourth-order valence-electron chi connectivity index (χ4n) is 7.11. The molecule has 5 rings (SSSR count). The van der Waals surface area contributed by atoms with E-state index in [-0.39, 0.29) is 23.7 Å². The van der Waals surface area contributed by atoms with Gasteiger partial charge in [-0.3, -0.25) is 20.7 Å². The highest BCUT2D eigenvalue weighted by molar-refractivity contribution is 5.93. The number of nitrogens with one attached hydrogen (secondary N) is 6. The molecule has 4 fully saturated rings. The molecule has 0 radical (unpaired) electrons. The molecular formula is C28H46N6O2. The number of carbonyl (C=O) groups is 1. The zero-order chi connectivity index (χ0) is 25.0. The number of hydrogen-bond donors (Lipinski definition) is 7. The molecule has 200 valence electrons. The lowest BCUT2D eigenvalue weighted by Crippen LogP contribution is -2.71. The van der Waals surface area contributed by atoms with E-state index in [9.17, 15) is 9.90 Å². The molecular weight excluding hydrogens is 452 g/mol. The third kappa shape index (κ3) is 5.89. The van der Waals surface area contributed by atoms with Crippen LogP contribution >= 0.6 is 0 Å². The highest BCUT2D eigenvalue weighted by Crippen LogP contribution is 2.43. The van der Waals surface area contributed by atoms with Gasteiger partial charge >= 0.3 is 0 Å². The molecule has 8 nitrogen and oxygen atoms in total. The lowest BCUT2D eigenvalue weighted by molar-refractivity contribution is -0.121. The van der Waals surface area contributed by atoms with Gasteiger partial charge in [0.2, 0.25) is 5.91 Å². The summed E-state index contributed by atoms with van der Waals surface area (Å²) >= 11 is 0. The van der Waals surface area contributed by atoms with Crippen molar-refractivity contribution < 1.29 is 9.90 Å². The number of aliphatic hydroxyl groups excluding tert-OH is 1. The summed E-state index contributed by atoms with van der Waals surface area (Å²) in [6.45, 7) is 5.89. The van der Waals surface area contributed by atoms with Crippen molar-refractivity contribution in [3.8, 4) is 0 Å². The van der Waals surface area contributed by atoms with Crippen molar-refractivity contribution in [2.24, 2.45) is 17.8 Å². The highest BCUT2D eigenvalue weighted by Gasteiger charge is 2.48.